The third-order valence-corrected chi connectivity index (χ3v) is 7.76. The van der Waals surface area contributed by atoms with Gasteiger partial charge in [-0.25, -0.2) is 0 Å². The number of halogens is 2. The maximum atomic E-state index is 11.7. The molecule has 0 unspecified atom stereocenters. The van der Waals surface area contributed by atoms with Crippen molar-refractivity contribution in [3.05, 3.63) is 28.2 Å². The van der Waals surface area contributed by atoms with Crippen LogP contribution in [0.5, 0.6) is 0 Å². The van der Waals surface area contributed by atoms with Crippen LogP contribution in [0.25, 0.3) is 0 Å². The summed E-state index contributed by atoms with van der Waals surface area (Å²) in [7, 11) is -0.485. The Morgan fingerprint density at radius 3 is 2.50 bits per heavy atom. The monoisotopic (exact) mass is 446 g/mol. The average molecular weight is 447 g/mol. The second kappa shape index (κ2) is 9.30. The van der Waals surface area contributed by atoms with E-state index >= 15 is 0 Å². The molecule has 3 rings (SSSR count). The van der Waals surface area contributed by atoms with Gasteiger partial charge in [-0.15, -0.1) is 0 Å². The second-order valence-electron chi connectivity index (χ2n) is 7.80. The normalized spacial score (nSPS) is 24.1. The molecular formula is C19H28Cl2N4O2S. The van der Waals surface area contributed by atoms with Crippen LogP contribution in [-0.2, 0) is 10.2 Å². The number of rotatable bonds is 7. The predicted molar refractivity (Wildman–Crippen MR) is 117 cm³/mol. The zero-order valence-corrected chi connectivity index (χ0v) is 18.7. The second-order valence-corrected chi connectivity index (χ2v) is 10.4. The van der Waals surface area contributed by atoms with Crippen molar-refractivity contribution in [3.63, 3.8) is 0 Å². The van der Waals surface area contributed by atoms with Crippen molar-refractivity contribution in [3.8, 4) is 0 Å². The van der Waals surface area contributed by atoms with Crippen molar-refractivity contribution >= 4 is 45.3 Å². The molecule has 0 bridgehead atoms. The highest BCUT2D eigenvalue weighted by Gasteiger charge is 2.29. The van der Waals surface area contributed by atoms with Gasteiger partial charge >= 0.3 is 10.2 Å². The summed E-state index contributed by atoms with van der Waals surface area (Å²) in [5, 5.41) is 1.24. The molecule has 156 valence electrons. The van der Waals surface area contributed by atoms with E-state index in [4.69, 9.17) is 23.2 Å². The van der Waals surface area contributed by atoms with Crippen molar-refractivity contribution < 1.29 is 8.42 Å². The van der Waals surface area contributed by atoms with E-state index in [1.807, 2.05) is 18.2 Å². The van der Waals surface area contributed by atoms with Crippen LogP contribution >= 0.6 is 23.2 Å². The molecule has 2 aliphatic rings. The summed E-state index contributed by atoms with van der Waals surface area (Å²) >= 11 is 12.5. The first-order valence-electron chi connectivity index (χ1n) is 9.65. The van der Waals surface area contributed by atoms with Gasteiger partial charge in [-0.2, -0.15) is 17.1 Å². The smallest absolute Gasteiger partial charge is 0.321 e. The maximum Gasteiger partial charge on any atom is 0.321 e. The summed E-state index contributed by atoms with van der Waals surface area (Å²) in [5.74, 6) is 0.959. The first-order valence-corrected chi connectivity index (χ1v) is 11.8. The Hall–Kier alpha value is -0.860. The minimum absolute atomic E-state index is 0.293. The molecule has 0 aromatic heterocycles. The molecule has 0 N–H and O–H groups in total. The SMILES string of the molecule is CN(C)S(=O)(=O)N=CC1CC(CCN2CCN(c3cccc(Cl)c3Cl)CC2)C1. The lowest BCUT2D eigenvalue weighted by molar-refractivity contribution is 0.186. The third-order valence-electron chi connectivity index (χ3n) is 5.64. The molecule has 6 nitrogen and oxygen atoms in total. The zero-order valence-electron chi connectivity index (χ0n) is 16.4. The molecule has 0 atom stereocenters. The number of benzene rings is 1. The summed E-state index contributed by atoms with van der Waals surface area (Å²) in [6, 6.07) is 5.78. The van der Waals surface area contributed by atoms with Crippen LogP contribution in [0.4, 0.5) is 5.69 Å². The molecule has 28 heavy (non-hydrogen) atoms. The van der Waals surface area contributed by atoms with Crippen LogP contribution in [0.2, 0.25) is 10.0 Å². The summed E-state index contributed by atoms with van der Waals surface area (Å²) in [6.45, 7) is 5.01. The summed E-state index contributed by atoms with van der Waals surface area (Å²) in [6.07, 6.45) is 4.83. The van der Waals surface area contributed by atoms with Crippen molar-refractivity contribution in [1.82, 2.24) is 9.21 Å². The lowest BCUT2D eigenvalue weighted by atomic mass is 9.74. The highest BCUT2D eigenvalue weighted by atomic mass is 35.5. The van der Waals surface area contributed by atoms with Crippen molar-refractivity contribution in [2.45, 2.75) is 19.3 Å². The van der Waals surface area contributed by atoms with Gasteiger partial charge in [0.1, 0.15) is 0 Å². The van der Waals surface area contributed by atoms with Crippen LogP contribution in [0, 0.1) is 11.8 Å². The largest absolute Gasteiger partial charge is 0.368 e. The molecule has 1 aromatic carbocycles. The van der Waals surface area contributed by atoms with Gasteiger partial charge in [-0.1, -0.05) is 29.3 Å². The van der Waals surface area contributed by atoms with Gasteiger partial charge < -0.3 is 4.90 Å². The summed E-state index contributed by atoms with van der Waals surface area (Å²) < 4.78 is 28.2. The molecule has 9 heteroatoms. The van der Waals surface area contributed by atoms with Crippen molar-refractivity contribution in [2.24, 2.45) is 16.2 Å². The fourth-order valence-electron chi connectivity index (χ4n) is 3.72. The fourth-order valence-corrected chi connectivity index (χ4v) is 4.65. The first kappa shape index (κ1) is 21.8. The molecule has 1 aliphatic heterocycles. The van der Waals surface area contributed by atoms with E-state index in [2.05, 4.69) is 14.2 Å². The lowest BCUT2D eigenvalue weighted by Crippen LogP contribution is -2.47. The predicted octanol–water partition coefficient (Wildman–Crippen LogP) is 3.41. The molecule has 0 radical (unpaired) electrons. The van der Waals surface area contributed by atoms with E-state index in [1.165, 1.54) is 14.1 Å². The quantitative estimate of drug-likeness (QED) is 0.602. The maximum absolute atomic E-state index is 11.7. The molecule has 1 heterocycles. The highest BCUT2D eigenvalue weighted by molar-refractivity contribution is 7.87. The standard InChI is InChI=1S/C19H28Cl2N4O2S/c1-23(2)28(26,27)22-14-16-12-15(13-16)6-7-24-8-10-25(11-9-24)18-5-3-4-17(20)19(18)21/h3-5,14-16H,6-13H2,1-2H3. The zero-order chi connectivity index (χ0) is 20.3. The van der Waals surface area contributed by atoms with Gasteiger partial charge in [0.2, 0.25) is 0 Å². The molecule has 0 amide bonds. The number of nitrogens with zero attached hydrogens (tertiary/aromatic N) is 4. The molecule has 1 aromatic rings. The van der Waals surface area contributed by atoms with Gasteiger partial charge in [0.25, 0.3) is 0 Å². The Balaban J connectivity index is 1.37. The molecule has 1 saturated carbocycles. The number of piperazine rings is 1. The lowest BCUT2D eigenvalue weighted by Gasteiger charge is -2.39. The minimum Gasteiger partial charge on any atom is -0.368 e. The van der Waals surface area contributed by atoms with Crippen LogP contribution in [0.3, 0.4) is 0 Å². The van der Waals surface area contributed by atoms with Crippen LogP contribution in [0.1, 0.15) is 19.3 Å². The van der Waals surface area contributed by atoms with E-state index in [0.29, 0.717) is 21.9 Å². The fraction of sp³-hybridized carbons (Fsp3) is 0.632. The van der Waals surface area contributed by atoms with Gasteiger partial charge in [-0.05, 0) is 49.8 Å². The van der Waals surface area contributed by atoms with Gasteiger partial charge in [0.15, 0.2) is 0 Å². The topological polar surface area (TPSA) is 56.2 Å². The van der Waals surface area contributed by atoms with E-state index < -0.39 is 10.2 Å². The van der Waals surface area contributed by atoms with E-state index in [0.717, 1.165) is 62.0 Å². The Bertz CT molecular complexity index is 802. The molecule has 1 aliphatic carbocycles. The van der Waals surface area contributed by atoms with Crippen molar-refractivity contribution in [1.29, 1.82) is 0 Å². The van der Waals surface area contributed by atoms with Gasteiger partial charge in [0.05, 0.1) is 15.7 Å². The van der Waals surface area contributed by atoms with E-state index in [9.17, 15) is 8.42 Å². The van der Waals surface area contributed by atoms with Crippen LogP contribution in [0.15, 0.2) is 22.6 Å². The number of hydrogen-bond acceptors (Lipinski definition) is 4. The number of anilines is 1. The molecular weight excluding hydrogens is 419 g/mol. The van der Waals surface area contributed by atoms with Crippen molar-refractivity contribution in [2.75, 3.05) is 51.7 Å². The molecule has 0 spiro atoms. The molecule has 2 fully saturated rings. The number of hydrogen-bond donors (Lipinski definition) is 0. The first-order chi connectivity index (χ1) is 13.3. The minimum atomic E-state index is -3.48. The van der Waals surface area contributed by atoms with Crippen LogP contribution < -0.4 is 4.90 Å². The van der Waals surface area contributed by atoms with E-state index in [1.54, 1.807) is 6.21 Å². The summed E-state index contributed by atoms with van der Waals surface area (Å²) in [4.78, 5) is 4.79. The van der Waals surface area contributed by atoms with Gasteiger partial charge in [-0.3, -0.25) is 4.90 Å². The Kier molecular flexibility index (Phi) is 7.26. The average Bonchev–Trinajstić information content (AvgIpc) is 2.62. The Morgan fingerprint density at radius 2 is 1.86 bits per heavy atom. The Morgan fingerprint density at radius 1 is 1.18 bits per heavy atom. The third kappa shape index (κ3) is 5.39. The highest BCUT2D eigenvalue weighted by Crippen LogP contribution is 2.36. The van der Waals surface area contributed by atoms with Crippen LogP contribution in [-0.4, -0.2) is 70.7 Å². The van der Waals surface area contributed by atoms with Gasteiger partial charge in [0, 0.05) is 46.5 Å². The molecule has 1 saturated heterocycles. The van der Waals surface area contributed by atoms with E-state index in [-0.39, 0.29) is 0 Å². The Labute approximate surface area is 178 Å². The summed E-state index contributed by atoms with van der Waals surface area (Å²) in [5.41, 5.74) is 1.02.